The molecule has 0 aliphatic carbocycles. The average molecular weight is 437 g/mol. The van der Waals surface area contributed by atoms with Gasteiger partial charge in [-0.25, -0.2) is 4.90 Å². The number of hydrogen-bond acceptors (Lipinski definition) is 5. The van der Waals surface area contributed by atoms with E-state index >= 15 is 0 Å². The van der Waals surface area contributed by atoms with Crippen LogP contribution in [-0.2, 0) is 14.4 Å². The molecule has 4 atom stereocenters. The molecule has 2 heterocycles. The summed E-state index contributed by atoms with van der Waals surface area (Å²) in [5.74, 6) is -3.49. The topological polar surface area (TPSA) is 95.9 Å². The minimum atomic E-state index is -1.54. The zero-order valence-electron chi connectivity index (χ0n) is 18.7. The van der Waals surface area contributed by atoms with Crippen molar-refractivity contribution in [3.8, 4) is 5.75 Å². The van der Waals surface area contributed by atoms with E-state index in [4.69, 9.17) is 4.74 Å². The molecule has 4 rings (SSSR count). The summed E-state index contributed by atoms with van der Waals surface area (Å²) in [5, 5.41) is 13.6. The lowest BCUT2D eigenvalue weighted by Gasteiger charge is -2.32. The minimum absolute atomic E-state index is 0.000712. The number of carbonyl (C=O) groups is 3. The summed E-state index contributed by atoms with van der Waals surface area (Å²) in [6.07, 6.45) is 0.227. The first kappa shape index (κ1) is 22.0. The van der Waals surface area contributed by atoms with Gasteiger partial charge < -0.3 is 9.84 Å². The van der Waals surface area contributed by atoms with Gasteiger partial charge in [0.25, 0.3) is 0 Å². The van der Waals surface area contributed by atoms with Crippen molar-refractivity contribution in [2.75, 3.05) is 12.0 Å². The van der Waals surface area contributed by atoms with Crippen LogP contribution in [0.15, 0.2) is 48.5 Å². The number of methoxy groups -OCH3 is 1. The number of aryl methyl sites for hydroxylation is 1. The number of imide groups is 1. The van der Waals surface area contributed by atoms with E-state index < -0.39 is 41.2 Å². The third-order valence-electron chi connectivity index (χ3n) is 6.53. The van der Waals surface area contributed by atoms with Crippen molar-refractivity contribution in [1.82, 2.24) is 5.32 Å². The second kappa shape index (κ2) is 8.06. The van der Waals surface area contributed by atoms with Crippen LogP contribution in [0, 0.1) is 24.7 Å². The number of rotatable bonds is 6. The molecule has 0 unspecified atom stereocenters. The highest BCUT2D eigenvalue weighted by Crippen LogP contribution is 2.52. The predicted octanol–water partition coefficient (Wildman–Crippen LogP) is 3.32. The Morgan fingerprint density at radius 2 is 1.78 bits per heavy atom. The largest absolute Gasteiger partial charge is 0.495 e. The lowest BCUT2D eigenvalue weighted by atomic mass is 9.75. The van der Waals surface area contributed by atoms with E-state index in [2.05, 4.69) is 5.32 Å². The molecule has 2 fully saturated rings. The number of fused-ring (bicyclic) bond motifs is 1. The number of nitrogens with one attached hydrogen (secondary N) is 1. The number of para-hydroxylation sites is 2. The second-order valence-corrected chi connectivity index (χ2v) is 9.09. The fourth-order valence-corrected chi connectivity index (χ4v) is 5.23. The number of benzene rings is 2. The van der Waals surface area contributed by atoms with E-state index in [-0.39, 0.29) is 12.3 Å². The van der Waals surface area contributed by atoms with Crippen LogP contribution < -0.4 is 15.0 Å². The first-order chi connectivity index (χ1) is 15.2. The van der Waals surface area contributed by atoms with Gasteiger partial charge in [0, 0.05) is 6.04 Å². The molecule has 7 nitrogen and oxygen atoms in total. The molecule has 2 N–H and O–H groups in total. The number of anilines is 1. The Morgan fingerprint density at radius 3 is 2.38 bits per heavy atom. The molecule has 0 spiro atoms. The number of carboxylic acids is 1. The van der Waals surface area contributed by atoms with Gasteiger partial charge in [0.05, 0.1) is 24.6 Å². The molecule has 0 bridgehead atoms. The molecular weight excluding hydrogens is 408 g/mol. The fraction of sp³-hybridized carbons (Fsp3) is 0.400. The molecular formula is C25H28N2O5. The molecule has 7 heteroatoms. The monoisotopic (exact) mass is 436 g/mol. The Hall–Kier alpha value is -3.19. The van der Waals surface area contributed by atoms with Crippen LogP contribution in [0.5, 0.6) is 5.75 Å². The quantitative estimate of drug-likeness (QED) is 0.675. The summed E-state index contributed by atoms with van der Waals surface area (Å²) in [5.41, 5.74) is 0.642. The SMILES string of the molecule is COc1ccccc1N1C(=O)[C@@H]2[C@H](c3ccc(C)cc3)N[C@@](CC(C)C)(C(=O)O)[C@H]2C1=O. The zero-order valence-corrected chi connectivity index (χ0v) is 18.7. The summed E-state index contributed by atoms with van der Waals surface area (Å²) in [6, 6.07) is 13.8. The highest BCUT2D eigenvalue weighted by molar-refractivity contribution is 6.24. The molecule has 2 aliphatic heterocycles. The van der Waals surface area contributed by atoms with Crippen LogP contribution in [0.3, 0.4) is 0 Å². The molecule has 2 aromatic carbocycles. The van der Waals surface area contributed by atoms with Crippen LogP contribution in [0.25, 0.3) is 0 Å². The Labute approximate surface area is 187 Å². The number of hydrogen-bond donors (Lipinski definition) is 2. The van der Waals surface area contributed by atoms with Crippen molar-refractivity contribution in [2.24, 2.45) is 17.8 Å². The maximum absolute atomic E-state index is 13.7. The van der Waals surface area contributed by atoms with E-state index in [1.165, 1.54) is 7.11 Å². The van der Waals surface area contributed by atoms with Gasteiger partial charge in [-0.1, -0.05) is 55.8 Å². The smallest absolute Gasteiger partial charge is 0.324 e. The number of carboxylic acid groups (broad SMARTS) is 1. The molecule has 2 aliphatic rings. The van der Waals surface area contributed by atoms with Gasteiger partial charge >= 0.3 is 5.97 Å². The molecule has 0 aromatic heterocycles. The number of ether oxygens (including phenoxy) is 1. The molecule has 2 aromatic rings. The van der Waals surface area contributed by atoms with Crippen molar-refractivity contribution in [1.29, 1.82) is 0 Å². The first-order valence-corrected chi connectivity index (χ1v) is 10.8. The highest BCUT2D eigenvalue weighted by atomic mass is 16.5. The summed E-state index contributed by atoms with van der Waals surface area (Å²) in [6.45, 7) is 5.79. The summed E-state index contributed by atoms with van der Waals surface area (Å²) in [7, 11) is 1.47. The van der Waals surface area contributed by atoms with Gasteiger partial charge in [-0.15, -0.1) is 0 Å². The van der Waals surface area contributed by atoms with Gasteiger partial charge in [-0.3, -0.25) is 19.7 Å². The Morgan fingerprint density at radius 1 is 1.12 bits per heavy atom. The van der Waals surface area contributed by atoms with E-state index in [0.717, 1.165) is 16.0 Å². The molecule has 2 saturated heterocycles. The van der Waals surface area contributed by atoms with Gasteiger partial charge in [0.15, 0.2) is 0 Å². The van der Waals surface area contributed by atoms with E-state index in [1.807, 2.05) is 45.0 Å². The maximum Gasteiger partial charge on any atom is 0.324 e. The van der Waals surface area contributed by atoms with Crippen molar-refractivity contribution in [3.05, 3.63) is 59.7 Å². The Balaban J connectivity index is 1.88. The van der Waals surface area contributed by atoms with Gasteiger partial charge in [-0.2, -0.15) is 0 Å². The zero-order chi connectivity index (χ0) is 23.2. The third kappa shape index (κ3) is 3.28. The van der Waals surface area contributed by atoms with Crippen LogP contribution in [0.1, 0.15) is 37.4 Å². The lowest BCUT2D eigenvalue weighted by Crippen LogP contribution is -2.56. The van der Waals surface area contributed by atoms with Crippen LogP contribution in [0.4, 0.5) is 5.69 Å². The lowest BCUT2D eigenvalue weighted by molar-refractivity contribution is -0.149. The van der Waals surface area contributed by atoms with Crippen molar-refractivity contribution in [3.63, 3.8) is 0 Å². The summed E-state index contributed by atoms with van der Waals surface area (Å²) < 4.78 is 5.39. The standard InChI is InChI=1S/C25H28N2O5/c1-14(2)13-25(24(30)31)20-19(21(26-25)16-11-9-15(3)10-12-16)22(28)27(23(20)29)17-7-5-6-8-18(17)32-4/h5-12,14,19-21,26H,13H2,1-4H3,(H,30,31)/t19-,20+,21-,25+/m0/s1. The minimum Gasteiger partial charge on any atom is -0.495 e. The molecule has 32 heavy (non-hydrogen) atoms. The van der Waals surface area contributed by atoms with Crippen LogP contribution in [-0.4, -0.2) is 35.5 Å². The molecule has 0 saturated carbocycles. The highest BCUT2D eigenvalue weighted by Gasteiger charge is 2.68. The number of amides is 2. The van der Waals surface area contributed by atoms with Crippen molar-refractivity contribution < 1.29 is 24.2 Å². The fourth-order valence-electron chi connectivity index (χ4n) is 5.23. The first-order valence-electron chi connectivity index (χ1n) is 10.8. The third-order valence-corrected chi connectivity index (χ3v) is 6.53. The van der Waals surface area contributed by atoms with Gasteiger partial charge in [-0.05, 0) is 37.0 Å². The van der Waals surface area contributed by atoms with Crippen LogP contribution in [0.2, 0.25) is 0 Å². The van der Waals surface area contributed by atoms with Gasteiger partial charge in [0.1, 0.15) is 11.3 Å². The number of aliphatic carboxylic acids is 1. The Bertz CT molecular complexity index is 1060. The van der Waals surface area contributed by atoms with Crippen molar-refractivity contribution >= 4 is 23.5 Å². The molecule has 2 amide bonds. The maximum atomic E-state index is 13.7. The number of nitrogens with zero attached hydrogens (tertiary/aromatic N) is 1. The van der Waals surface area contributed by atoms with E-state index in [1.54, 1.807) is 24.3 Å². The molecule has 0 radical (unpaired) electrons. The van der Waals surface area contributed by atoms with E-state index in [0.29, 0.717) is 11.4 Å². The summed E-state index contributed by atoms with van der Waals surface area (Å²) >= 11 is 0. The van der Waals surface area contributed by atoms with Crippen LogP contribution >= 0.6 is 0 Å². The van der Waals surface area contributed by atoms with E-state index in [9.17, 15) is 19.5 Å². The number of carbonyl (C=O) groups excluding carboxylic acids is 2. The van der Waals surface area contributed by atoms with Crippen molar-refractivity contribution in [2.45, 2.75) is 38.8 Å². The summed E-state index contributed by atoms with van der Waals surface area (Å²) in [4.78, 5) is 41.3. The Kier molecular flexibility index (Phi) is 5.54. The average Bonchev–Trinajstić information content (AvgIpc) is 3.22. The van der Waals surface area contributed by atoms with Gasteiger partial charge in [0.2, 0.25) is 11.8 Å². The molecule has 168 valence electrons. The second-order valence-electron chi connectivity index (χ2n) is 9.09. The normalized spacial score (nSPS) is 27.2. The predicted molar refractivity (Wildman–Crippen MR) is 119 cm³/mol.